The van der Waals surface area contributed by atoms with Crippen molar-refractivity contribution < 1.29 is 0 Å². The average Bonchev–Trinajstić information content (AvgIpc) is 2.44. The van der Waals surface area contributed by atoms with Gasteiger partial charge in [-0.2, -0.15) is 0 Å². The van der Waals surface area contributed by atoms with Crippen molar-refractivity contribution in [1.29, 1.82) is 0 Å². The van der Waals surface area contributed by atoms with Gasteiger partial charge in [-0.3, -0.25) is 0 Å². The van der Waals surface area contributed by atoms with E-state index in [0.717, 1.165) is 16.3 Å². The third-order valence-electron chi connectivity index (χ3n) is 3.11. The number of rotatable bonds is 5. The van der Waals surface area contributed by atoms with Crippen molar-refractivity contribution in [1.82, 2.24) is 5.32 Å². The summed E-state index contributed by atoms with van der Waals surface area (Å²) < 4.78 is 0. The molecule has 2 rings (SSSR count). The molecule has 0 amide bonds. The average molecular weight is 292 g/mol. The van der Waals surface area contributed by atoms with E-state index < -0.39 is 0 Å². The molecule has 2 aromatic rings. The van der Waals surface area contributed by atoms with Crippen LogP contribution in [-0.2, 0) is 0 Å². The lowest BCUT2D eigenvalue weighted by molar-refractivity contribution is 0.568. The molecule has 3 heteroatoms. The molecular formula is C16H18ClNS. The van der Waals surface area contributed by atoms with Crippen LogP contribution in [0.3, 0.4) is 0 Å². The second-order valence-corrected chi connectivity index (χ2v) is 5.81. The summed E-state index contributed by atoms with van der Waals surface area (Å²) in [5, 5.41) is 4.17. The molecule has 0 aliphatic heterocycles. The van der Waals surface area contributed by atoms with Crippen LogP contribution in [0.15, 0.2) is 58.3 Å². The van der Waals surface area contributed by atoms with Crippen LogP contribution < -0.4 is 5.32 Å². The molecular weight excluding hydrogens is 274 g/mol. The highest BCUT2D eigenvalue weighted by molar-refractivity contribution is 7.99. The first-order valence-corrected chi connectivity index (χ1v) is 7.64. The molecule has 2 aromatic carbocycles. The fourth-order valence-corrected chi connectivity index (χ4v) is 3.36. The molecule has 0 aliphatic rings. The van der Waals surface area contributed by atoms with E-state index in [1.165, 1.54) is 10.5 Å². The van der Waals surface area contributed by atoms with E-state index in [0.29, 0.717) is 6.04 Å². The van der Waals surface area contributed by atoms with Crippen molar-refractivity contribution in [2.75, 3.05) is 7.05 Å². The fraction of sp³-hybridized carbons (Fsp3) is 0.250. The Morgan fingerprint density at radius 2 is 1.68 bits per heavy atom. The third kappa shape index (κ3) is 3.53. The predicted octanol–water partition coefficient (Wildman–Crippen LogP) is 5.16. The van der Waals surface area contributed by atoms with Gasteiger partial charge in [0.1, 0.15) is 0 Å². The first-order chi connectivity index (χ1) is 9.26. The van der Waals surface area contributed by atoms with Crippen LogP contribution in [0.2, 0.25) is 5.02 Å². The molecule has 1 N–H and O–H groups in total. The topological polar surface area (TPSA) is 12.0 Å². The maximum Gasteiger partial charge on any atom is 0.0545 e. The summed E-state index contributed by atoms with van der Waals surface area (Å²) in [4.78, 5) is 2.36. The van der Waals surface area contributed by atoms with Crippen molar-refractivity contribution in [3.05, 3.63) is 59.1 Å². The van der Waals surface area contributed by atoms with E-state index >= 15 is 0 Å². The Hall–Kier alpha value is -0.960. The number of nitrogens with one attached hydrogen (secondary N) is 1. The van der Waals surface area contributed by atoms with Gasteiger partial charge in [-0.1, -0.05) is 60.6 Å². The van der Waals surface area contributed by atoms with E-state index in [1.54, 1.807) is 11.8 Å². The van der Waals surface area contributed by atoms with Gasteiger partial charge >= 0.3 is 0 Å². The van der Waals surface area contributed by atoms with Gasteiger partial charge in [0.05, 0.1) is 5.02 Å². The predicted molar refractivity (Wildman–Crippen MR) is 84.1 cm³/mol. The Morgan fingerprint density at radius 1 is 1.05 bits per heavy atom. The highest BCUT2D eigenvalue weighted by Gasteiger charge is 2.12. The van der Waals surface area contributed by atoms with Crippen LogP contribution in [0.4, 0.5) is 0 Å². The summed E-state index contributed by atoms with van der Waals surface area (Å²) in [7, 11) is 2.01. The number of halogens is 1. The highest BCUT2D eigenvalue weighted by atomic mass is 35.5. The monoisotopic (exact) mass is 291 g/mol. The van der Waals surface area contributed by atoms with Gasteiger partial charge in [-0.15, -0.1) is 0 Å². The Morgan fingerprint density at radius 3 is 2.32 bits per heavy atom. The Balaban J connectivity index is 2.33. The molecule has 0 heterocycles. The zero-order valence-corrected chi connectivity index (χ0v) is 12.8. The molecule has 1 unspecified atom stereocenters. The van der Waals surface area contributed by atoms with Gasteiger partial charge in [-0.05, 0) is 37.2 Å². The number of hydrogen-bond donors (Lipinski definition) is 1. The standard InChI is InChI=1S/C16H18ClNS/c1-3-14(18-2)12-8-4-6-10-15(12)19-16-11-7-5-9-13(16)17/h4-11,14,18H,3H2,1-2H3. The third-order valence-corrected chi connectivity index (χ3v) is 4.72. The quantitative estimate of drug-likeness (QED) is 0.816. The Bertz CT molecular complexity index is 538. The molecule has 100 valence electrons. The second-order valence-electron chi connectivity index (χ2n) is 4.32. The highest BCUT2D eigenvalue weighted by Crippen LogP contribution is 2.37. The van der Waals surface area contributed by atoms with Crippen LogP contribution in [0.1, 0.15) is 24.9 Å². The number of hydrogen-bond acceptors (Lipinski definition) is 2. The molecule has 0 bridgehead atoms. The van der Waals surface area contributed by atoms with Crippen LogP contribution >= 0.6 is 23.4 Å². The first kappa shape index (κ1) is 14.4. The molecule has 0 saturated heterocycles. The van der Waals surface area contributed by atoms with E-state index in [4.69, 9.17) is 11.6 Å². The zero-order valence-electron chi connectivity index (χ0n) is 11.2. The van der Waals surface area contributed by atoms with Crippen molar-refractivity contribution in [3.8, 4) is 0 Å². The lowest BCUT2D eigenvalue weighted by atomic mass is 10.1. The van der Waals surface area contributed by atoms with Crippen molar-refractivity contribution >= 4 is 23.4 Å². The van der Waals surface area contributed by atoms with E-state index in [1.807, 2.05) is 25.2 Å². The molecule has 0 saturated carbocycles. The summed E-state index contributed by atoms with van der Waals surface area (Å²) in [6, 6.07) is 16.9. The summed E-state index contributed by atoms with van der Waals surface area (Å²) in [6.07, 6.45) is 1.07. The molecule has 0 aromatic heterocycles. The minimum absolute atomic E-state index is 0.381. The normalized spacial score (nSPS) is 12.4. The minimum atomic E-state index is 0.381. The maximum absolute atomic E-state index is 6.24. The maximum atomic E-state index is 6.24. The minimum Gasteiger partial charge on any atom is -0.313 e. The fourth-order valence-electron chi connectivity index (χ4n) is 2.09. The molecule has 1 atom stereocenters. The number of benzene rings is 2. The summed E-state index contributed by atoms with van der Waals surface area (Å²) >= 11 is 7.97. The van der Waals surface area contributed by atoms with Crippen molar-refractivity contribution in [3.63, 3.8) is 0 Å². The Kier molecular flexibility index (Phi) is 5.32. The van der Waals surface area contributed by atoms with Gasteiger partial charge in [-0.25, -0.2) is 0 Å². The van der Waals surface area contributed by atoms with E-state index in [-0.39, 0.29) is 0 Å². The van der Waals surface area contributed by atoms with Crippen LogP contribution in [0.5, 0.6) is 0 Å². The molecule has 0 aliphatic carbocycles. The largest absolute Gasteiger partial charge is 0.313 e. The SMILES string of the molecule is CCC(NC)c1ccccc1Sc1ccccc1Cl. The lowest BCUT2D eigenvalue weighted by Gasteiger charge is -2.18. The smallest absolute Gasteiger partial charge is 0.0545 e. The molecule has 0 radical (unpaired) electrons. The van der Waals surface area contributed by atoms with Gasteiger partial charge in [0.2, 0.25) is 0 Å². The van der Waals surface area contributed by atoms with Crippen LogP contribution in [0, 0.1) is 0 Å². The lowest BCUT2D eigenvalue weighted by Crippen LogP contribution is -2.15. The first-order valence-electron chi connectivity index (χ1n) is 6.44. The van der Waals surface area contributed by atoms with Gasteiger partial charge in [0.25, 0.3) is 0 Å². The second kappa shape index (κ2) is 6.99. The van der Waals surface area contributed by atoms with E-state index in [2.05, 4.69) is 42.6 Å². The Labute approximate surface area is 124 Å². The van der Waals surface area contributed by atoms with Crippen LogP contribution in [0.25, 0.3) is 0 Å². The van der Waals surface area contributed by atoms with Crippen LogP contribution in [-0.4, -0.2) is 7.05 Å². The molecule has 1 nitrogen and oxygen atoms in total. The van der Waals surface area contributed by atoms with Gasteiger partial charge in [0, 0.05) is 15.8 Å². The van der Waals surface area contributed by atoms with Crippen molar-refractivity contribution in [2.24, 2.45) is 0 Å². The van der Waals surface area contributed by atoms with E-state index in [9.17, 15) is 0 Å². The summed E-state index contributed by atoms with van der Waals surface area (Å²) in [6.45, 7) is 2.19. The molecule has 0 fully saturated rings. The van der Waals surface area contributed by atoms with Gasteiger partial charge < -0.3 is 5.32 Å². The summed E-state index contributed by atoms with van der Waals surface area (Å²) in [5.41, 5.74) is 1.33. The zero-order chi connectivity index (χ0) is 13.7. The summed E-state index contributed by atoms with van der Waals surface area (Å²) in [5.74, 6) is 0. The van der Waals surface area contributed by atoms with Crippen molar-refractivity contribution in [2.45, 2.75) is 29.2 Å². The molecule has 19 heavy (non-hydrogen) atoms. The van der Waals surface area contributed by atoms with Gasteiger partial charge in [0.15, 0.2) is 0 Å². The molecule has 0 spiro atoms.